The molecule has 0 atom stereocenters. The van der Waals surface area contributed by atoms with Crippen LogP contribution in [-0.4, -0.2) is 45.5 Å². The molecule has 0 saturated heterocycles. The van der Waals surface area contributed by atoms with Crippen LogP contribution < -0.4 is 0 Å². The van der Waals surface area contributed by atoms with Crippen molar-refractivity contribution >= 4 is 47.0 Å². The third-order valence-electron chi connectivity index (χ3n) is 5.50. The Morgan fingerprint density at radius 1 is 1.14 bits per heavy atom. The number of amides is 1. The fourth-order valence-corrected chi connectivity index (χ4v) is 4.47. The van der Waals surface area contributed by atoms with Crippen LogP contribution in [0.4, 0.5) is 9.18 Å². The summed E-state index contributed by atoms with van der Waals surface area (Å²) in [4.78, 5) is 27.7. The van der Waals surface area contributed by atoms with Crippen molar-refractivity contribution in [3.63, 3.8) is 0 Å². The molecule has 7 nitrogen and oxygen atoms in total. The van der Waals surface area contributed by atoms with Crippen molar-refractivity contribution in [1.29, 1.82) is 0 Å². The molecule has 1 aromatic heterocycles. The lowest BCUT2D eigenvalue weighted by Gasteiger charge is -2.32. The van der Waals surface area contributed by atoms with E-state index in [4.69, 9.17) is 32.7 Å². The van der Waals surface area contributed by atoms with Crippen LogP contribution in [0.1, 0.15) is 55.0 Å². The topological polar surface area (TPSA) is 73.7 Å². The first kappa shape index (κ1) is 26.7. The number of esters is 1. The van der Waals surface area contributed by atoms with Crippen LogP contribution in [-0.2, 0) is 15.9 Å². The van der Waals surface area contributed by atoms with Gasteiger partial charge in [-0.25, -0.2) is 18.7 Å². The maximum atomic E-state index is 13.6. The van der Waals surface area contributed by atoms with Crippen LogP contribution in [0.2, 0.25) is 10.0 Å². The number of ether oxygens (including phenoxy) is 2. The van der Waals surface area contributed by atoms with Crippen LogP contribution in [0, 0.1) is 5.82 Å². The first-order chi connectivity index (χ1) is 17.5. The number of fused-ring (bicyclic) bond motifs is 1. The maximum absolute atomic E-state index is 13.6. The van der Waals surface area contributed by atoms with Gasteiger partial charge in [0.15, 0.2) is 5.69 Å². The van der Waals surface area contributed by atoms with E-state index < -0.39 is 23.5 Å². The first-order valence-corrected chi connectivity index (χ1v) is 12.5. The number of benzene rings is 2. The van der Waals surface area contributed by atoms with Gasteiger partial charge in [0.25, 0.3) is 0 Å². The van der Waals surface area contributed by atoms with Gasteiger partial charge in [0.1, 0.15) is 11.4 Å². The molecule has 3 aromatic rings. The van der Waals surface area contributed by atoms with E-state index in [1.807, 2.05) is 0 Å². The molecular formula is C27H26Cl2FN3O4. The molecule has 0 fully saturated rings. The number of rotatable bonds is 4. The maximum Gasteiger partial charge on any atom is 0.414 e. The van der Waals surface area contributed by atoms with Crippen molar-refractivity contribution in [3.8, 4) is 5.69 Å². The summed E-state index contributed by atoms with van der Waals surface area (Å²) in [5, 5.41) is 5.30. The van der Waals surface area contributed by atoms with Gasteiger partial charge in [-0.3, -0.25) is 4.90 Å². The number of carbonyl (C=O) groups is 2. The minimum Gasteiger partial charge on any atom is -0.461 e. The molecule has 1 amide bonds. The molecule has 2 heterocycles. The smallest absolute Gasteiger partial charge is 0.414 e. The monoisotopic (exact) mass is 545 g/mol. The van der Waals surface area contributed by atoms with E-state index in [1.165, 1.54) is 21.7 Å². The van der Waals surface area contributed by atoms with Crippen molar-refractivity contribution in [2.24, 2.45) is 0 Å². The molecular weight excluding hydrogens is 520 g/mol. The summed E-state index contributed by atoms with van der Waals surface area (Å²) in [6, 6.07) is 10.7. The predicted molar refractivity (Wildman–Crippen MR) is 140 cm³/mol. The second-order valence-corrected chi connectivity index (χ2v) is 10.2. The summed E-state index contributed by atoms with van der Waals surface area (Å²) in [5.41, 5.74) is 1.94. The Kier molecular flexibility index (Phi) is 7.62. The Morgan fingerprint density at radius 3 is 2.46 bits per heavy atom. The molecule has 0 unspecified atom stereocenters. The molecule has 1 aliphatic heterocycles. The number of carbonyl (C=O) groups excluding carboxylic acids is 2. The van der Waals surface area contributed by atoms with Gasteiger partial charge in [-0.2, -0.15) is 5.10 Å². The van der Waals surface area contributed by atoms with E-state index in [0.29, 0.717) is 44.7 Å². The van der Waals surface area contributed by atoms with Crippen LogP contribution >= 0.6 is 23.2 Å². The van der Waals surface area contributed by atoms with E-state index >= 15 is 0 Å². The highest BCUT2D eigenvalue weighted by Crippen LogP contribution is 2.37. The minimum atomic E-state index is -0.742. The van der Waals surface area contributed by atoms with Crippen LogP contribution in [0.5, 0.6) is 0 Å². The standard InChI is InChI=1S/C27H26Cl2FN3O4/c1-5-36-25(34)23-19-12-13-32(26(35)37-27(2,3)4)22(14-16-6-9-18(30)10-7-16)24(19)33(31-23)21-11-8-17(28)15-20(21)29/h6-11,14-15H,5,12-13H2,1-4H3/b22-14+. The number of halogens is 3. The average Bonchev–Trinajstić information content (AvgIpc) is 3.20. The normalized spacial score (nSPS) is 14.5. The number of aromatic nitrogens is 2. The van der Waals surface area contributed by atoms with Gasteiger partial charge < -0.3 is 9.47 Å². The quantitative estimate of drug-likeness (QED) is 0.337. The van der Waals surface area contributed by atoms with Crippen LogP contribution in [0.3, 0.4) is 0 Å². The number of hydrogen-bond donors (Lipinski definition) is 0. The molecule has 0 saturated carbocycles. The molecule has 10 heteroatoms. The average molecular weight is 546 g/mol. The second kappa shape index (κ2) is 10.6. The summed E-state index contributed by atoms with van der Waals surface area (Å²) in [5.74, 6) is -0.979. The van der Waals surface area contributed by atoms with E-state index in [2.05, 4.69) is 5.10 Å². The molecule has 37 heavy (non-hydrogen) atoms. The van der Waals surface area contributed by atoms with Crippen molar-refractivity contribution in [2.45, 2.75) is 39.7 Å². The van der Waals surface area contributed by atoms with E-state index in [9.17, 15) is 14.0 Å². The summed E-state index contributed by atoms with van der Waals surface area (Å²) in [6.07, 6.45) is 1.46. The predicted octanol–water partition coefficient (Wildman–Crippen LogP) is 6.79. The van der Waals surface area contributed by atoms with Crippen LogP contribution in [0.15, 0.2) is 42.5 Å². The highest BCUT2D eigenvalue weighted by Gasteiger charge is 2.37. The fraction of sp³-hybridized carbons (Fsp3) is 0.296. The van der Waals surface area contributed by atoms with Gasteiger partial charge in [0.05, 0.1) is 28.7 Å². The van der Waals surface area contributed by atoms with Gasteiger partial charge in [-0.15, -0.1) is 0 Å². The number of hydrogen-bond acceptors (Lipinski definition) is 5. The zero-order valence-corrected chi connectivity index (χ0v) is 22.4. The first-order valence-electron chi connectivity index (χ1n) is 11.7. The largest absolute Gasteiger partial charge is 0.461 e. The van der Waals surface area contributed by atoms with Crippen molar-refractivity contribution in [1.82, 2.24) is 14.7 Å². The summed E-state index contributed by atoms with van der Waals surface area (Å²) < 4.78 is 26.1. The summed E-state index contributed by atoms with van der Waals surface area (Å²) >= 11 is 12.7. The third-order valence-corrected chi connectivity index (χ3v) is 6.03. The Morgan fingerprint density at radius 2 is 1.84 bits per heavy atom. The van der Waals surface area contributed by atoms with Crippen molar-refractivity contribution < 1.29 is 23.5 Å². The molecule has 0 bridgehead atoms. The molecule has 4 rings (SSSR count). The molecule has 0 N–H and O–H groups in total. The Bertz CT molecular complexity index is 1380. The Hall–Kier alpha value is -3.36. The molecule has 0 radical (unpaired) electrons. The lowest BCUT2D eigenvalue weighted by atomic mass is 9.99. The van der Waals surface area contributed by atoms with Gasteiger partial charge in [-0.1, -0.05) is 35.3 Å². The lowest BCUT2D eigenvalue weighted by Crippen LogP contribution is -2.39. The second-order valence-electron chi connectivity index (χ2n) is 9.37. The third kappa shape index (κ3) is 5.81. The van der Waals surface area contributed by atoms with Gasteiger partial charge in [-0.05, 0) is 76.1 Å². The highest BCUT2D eigenvalue weighted by atomic mass is 35.5. The van der Waals surface area contributed by atoms with E-state index in [0.717, 1.165) is 0 Å². The van der Waals surface area contributed by atoms with E-state index in [1.54, 1.807) is 64.1 Å². The Labute approximate surface area is 224 Å². The van der Waals surface area contributed by atoms with Crippen molar-refractivity contribution in [2.75, 3.05) is 13.2 Å². The summed E-state index contributed by atoms with van der Waals surface area (Å²) in [7, 11) is 0. The van der Waals surface area contributed by atoms with E-state index in [-0.39, 0.29) is 18.8 Å². The molecule has 0 aliphatic carbocycles. The lowest BCUT2D eigenvalue weighted by molar-refractivity contribution is 0.0351. The van der Waals surface area contributed by atoms with Gasteiger partial charge in [0.2, 0.25) is 0 Å². The minimum absolute atomic E-state index is 0.122. The molecule has 1 aliphatic rings. The Balaban J connectivity index is 1.98. The molecule has 0 spiro atoms. The molecule has 194 valence electrons. The van der Waals surface area contributed by atoms with Gasteiger partial charge in [0, 0.05) is 17.1 Å². The van der Waals surface area contributed by atoms with Crippen LogP contribution in [0.25, 0.3) is 17.5 Å². The highest BCUT2D eigenvalue weighted by molar-refractivity contribution is 6.35. The zero-order chi connectivity index (χ0) is 26.9. The van der Waals surface area contributed by atoms with Crippen molar-refractivity contribution in [3.05, 3.63) is 80.8 Å². The molecule has 2 aromatic carbocycles. The zero-order valence-electron chi connectivity index (χ0n) is 20.8. The SMILES string of the molecule is CCOC(=O)c1nn(-c2ccc(Cl)cc2Cl)c2c1CCN(C(=O)OC(C)(C)C)/C2=C/c1ccc(F)cc1. The summed E-state index contributed by atoms with van der Waals surface area (Å²) in [6.45, 7) is 7.44. The number of nitrogens with zero attached hydrogens (tertiary/aromatic N) is 3. The fourth-order valence-electron chi connectivity index (χ4n) is 3.98. The van der Waals surface area contributed by atoms with Gasteiger partial charge >= 0.3 is 12.1 Å².